The summed E-state index contributed by atoms with van der Waals surface area (Å²) in [5, 5.41) is 3.33. The molecule has 0 unspecified atom stereocenters. The zero-order valence-electron chi connectivity index (χ0n) is 14.6. The van der Waals surface area contributed by atoms with Gasteiger partial charge in [0.2, 0.25) is 5.95 Å². The van der Waals surface area contributed by atoms with Crippen LogP contribution >= 0.6 is 0 Å². The Bertz CT molecular complexity index is 707. The van der Waals surface area contributed by atoms with Crippen molar-refractivity contribution in [3.63, 3.8) is 0 Å². The van der Waals surface area contributed by atoms with Gasteiger partial charge in [0.25, 0.3) is 0 Å². The standard InChI is InChI=1S/C19H24N4O2/c1-15-13-17(23-9-7-19(8-10-23)24-11-12-25-19)22-18(21-15)20-14-16-5-3-2-4-6-16/h2-6,13H,7-12,14H2,1H3,(H,20,21,22). The van der Waals surface area contributed by atoms with Crippen LogP contribution in [-0.4, -0.2) is 42.1 Å². The van der Waals surface area contributed by atoms with E-state index in [-0.39, 0.29) is 5.79 Å². The lowest BCUT2D eigenvalue weighted by atomic mass is 10.0. The van der Waals surface area contributed by atoms with E-state index in [1.165, 1.54) is 5.56 Å². The van der Waals surface area contributed by atoms with Crippen molar-refractivity contribution in [2.24, 2.45) is 0 Å². The van der Waals surface area contributed by atoms with E-state index >= 15 is 0 Å². The van der Waals surface area contributed by atoms with Crippen molar-refractivity contribution in [3.8, 4) is 0 Å². The molecule has 2 aliphatic heterocycles. The van der Waals surface area contributed by atoms with Crippen LogP contribution in [0.2, 0.25) is 0 Å². The van der Waals surface area contributed by atoms with Crippen molar-refractivity contribution >= 4 is 11.8 Å². The van der Waals surface area contributed by atoms with Crippen molar-refractivity contribution in [2.45, 2.75) is 32.1 Å². The SMILES string of the molecule is Cc1cc(N2CCC3(CC2)OCCO3)nc(NCc2ccccc2)n1. The lowest BCUT2D eigenvalue weighted by Crippen LogP contribution is -2.45. The highest BCUT2D eigenvalue weighted by atomic mass is 16.7. The molecule has 6 nitrogen and oxygen atoms in total. The van der Waals surface area contributed by atoms with Gasteiger partial charge in [-0.1, -0.05) is 30.3 Å². The summed E-state index contributed by atoms with van der Waals surface area (Å²) >= 11 is 0. The molecule has 1 N–H and O–H groups in total. The highest BCUT2D eigenvalue weighted by molar-refractivity contribution is 5.45. The van der Waals surface area contributed by atoms with Gasteiger partial charge in [0.1, 0.15) is 5.82 Å². The Balaban J connectivity index is 1.43. The van der Waals surface area contributed by atoms with Crippen LogP contribution in [0.5, 0.6) is 0 Å². The highest BCUT2D eigenvalue weighted by Gasteiger charge is 2.40. The second-order valence-electron chi connectivity index (χ2n) is 6.62. The number of rotatable bonds is 4. The van der Waals surface area contributed by atoms with Gasteiger partial charge in [0, 0.05) is 44.2 Å². The van der Waals surface area contributed by atoms with Crippen molar-refractivity contribution in [3.05, 3.63) is 47.7 Å². The van der Waals surface area contributed by atoms with E-state index in [0.29, 0.717) is 25.7 Å². The number of aryl methyl sites for hydroxylation is 1. The van der Waals surface area contributed by atoms with Gasteiger partial charge in [0.05, 0.1) is 13.2 Å². The molecule has 0 saturated carbocycles. The van der Waals surface area contributed by atoms with Crippen LogP contribution in [0, 0.1) is 6.92 Å². The van der Waals surface area contributed by atoms with Gasteiger partial charge >= 0.3 is 0 Å². The Labute approximate surface area is 148 Å². The third-order valence-corrected chi connectivity index (χ3v) is 4.80. The van der Waals surface area contributed by atoms with E-state index in [9.17, 15) is 0 Å². The van der Waals surface area contributed by atoms with Gasteiger partial charge in [-0.05, 0) is 12.5 Å². The average molecular weight is 340 g/mol. The van der Waals surface area contributed by atoms with Crippen LogP contribution in [0.4, 0.5) is 11.8 Å². The number of anilines is 2. The molecule has 1 aromatic heterocycles. The summed E-state index contributed by atoms with van der Waals surface area (Å²) < 4.78 is 11.6. The largest absolute Gasteiger partial charge is 0.356 e. The van der Waals surface area contributed by atoms with E-state index in [1.54, 1.807) is 0 Å². The minimum absolute atomic E-state index is 0.354. The molecule has 1 aromatic carbocycles. The Hall–Kier alpha value is -2.18. The fraction of sp³-hybridized carbons (Fsp3) is 0.474. The van der Waals surface area contributed by atoms with Crippen LogP contribution in [0.1, 0.15) is 24.1 Å². The molecule has 0 bridgehead atoms. The zero-order valence-corrected chi connectivity index (χ0v) is 14.6. The summed E-state index contributed by atoms with van der Waals surface area (Å²) in [6, 6.07) is 12.3. The summed E-state index contributed by atoms with van der Waals surface area (Å²) in [6.45, 7) is 5.91. The normalized spacial score (nSPS) is 19.3. The molecular formula is C19H24N4O2. The number of hydrogen-bond acceptors (Lipinski definition) is 6. The number of hydrogen-bond donors (Lipinski definition) is 1. The van der Waals surface area contributed by atoms with Gasteiger partial charge in [-0.3, -0.25) is 0 Å². The van der Waals surface area contributed by atoms with Crippen molar-refractivity contribution in [1.82, 2.24) is 9.97 Å². The number of nitrogens with zero attached hydrogens (tertiary/aromatic N) is 3. The maximum atomic E-state index is 5.81. The molecule has 132 valence electrons. The number of piperidine rings is 1. The molecule has 1 spiro atoms. The molecule has 0 amide bonds. The van der Waals surface area contributed by atoms with Crippen LogP contribution in [0.25, 0.3) is 0 Å². The van der Waals surface area contributed by atoms with Gasteiger partial charge < -0.3 is 19.7 Å². The first-order valence-corrected chi connectivity index (χ1v) is 8.89. The average Bonchev–Trinajstić information content (AvgIpc) is 3.09. The molecule has 0 aliphatic carbocycles. The monoisotopic (exact) mass is 340 g/mol. The van der Waals surface area contributed by atoms with Crippen molar-refractivity contribution in [2.75, 3.05) is 36.5 Å². The molecule has 2 aliphatic rings. The van der Waals surface area contributed by atoms with Gasteiger partial charge in [-0.15, -0.1) is 0 Å². The summed E-state index contributed by atoms with van der Waals surface area (Å²) in [6.07, 6.45) is 1.76. The molecule has 2 saturated heterocycles. The first-order chi connectivity index (χ1) is 12.2. The van der Waals surface area contributed by atoms with Crippen LogP contribution in [0.15, 0.2) is 36.4 Å². The Morgan fingerprint density at radius 3 is 2.52 bits per heavy atom. The minimum Gasteiger partial charge on any atom is -0.356 e. The second kappa shape index (κ2) is 6.98. The van der Waals surface area contributed by atoms with E-state index < -0.39 is 0 Å². The third kappa shape index (κ3) is 3.75. The highest BCUT2D eigenvalue weighted by Crippen LogP contribution is 2.33. The fourth-order valence-electron chi connectivity index (χ4n) is 3.43. The number of aromatic nitrogens is 2. The Kier molecular flexibility index (Phi) is 4.55. The molecule has 2 fully saturated rings. The molecule has 2 aromatic rings. The smallest absolute Gasteiger partial charge is 0.225 e. The molecule has 0 radical (unpaired) electrons. The van der Waals surface area contributed by atoms with Crippen molar-refractivity contribution < 1.29 is 9.47 Å². The Morgan fingerprint density at radius 1 is 1.08 bits per heavy atom. The van der Waals surface area contributed by atoms with E-state index in [2.05, 4.69) is 27.3 Å². The summed E-state index contributed by atoms with van der Waals surface area (Å²) in [7, 11) is 0. The summed E-state index contributed by atoms with van der Waals surface area (Å²) in [5.74, 6) is 1.29. The first kappa shape index (κ1) is 16.3. The van der Waals surface area contributed by atoms with E-state index in [0.717, 1.165) is 37.4 Å². The maximum absolute atomic E-state index is 5.81. The lowest BCUT2D eigenvalue weighted by molar-refractivity contribution is -0.169. The first-order valence-electron chi connectivity index (χ1n) is 8.89. The van der Waals surface area contributed by atoms with Gasteiger partial charge in [-0.25, -0.2) is 4.98 Å². The van der Waals surface area contributed by atoms with E-state index in [1.807, 2.05) is 31.2 Å². The molecule has 0 atom stereocenters. The predicted octanol–water partition coefficient (Wildman–Crippen LogP) is 2.74. The van der Waals surface area contributed by atoms with Gasteiger partial charge in [0.15, 0.2) is 5.79 Å². The molecule has 25 heavy (non-hydrogen) atoms. The molecule has 6 heteroatoms. The number of ether oxygens (including phenoxy) is 2. The third-order valence-electron chi connectivity index (χ3n) is 4.80. The lowest BCUT2D eigenvalue weighted by Gasteiger charge is -2.38. The zero-order chi connectivity index (χ0) is 17.1. The van der Waals surface area contributed by atoms with Crippen LogP contribution in [-0.2, 0) is 16.0 Å². The number of nitrogens with one attached hydrogen (secondary N) is 1. The van der Waals surface area contributed by atoms with E-state index in [4.69, 9.17) is 14.5 Å². The van der Waals surface area contributed by atoms with Crippen LogP contribution in [0.3, 0.4) is 0 Å². The number of benzene rings is 1. The molecule has 3 heterocycles. The van der Waals surface area contributed by atoms with Gasteiger partial charge in [-0.2, -0.15) is 4.98 Å². The quantitative estimate of drug-likeness (QED) is 0.923. The Morgan fingerprint density at radius 2 is 1.80 bits per heavy atom. The summed E-state index contributed by atoms with van der Waals surface area (Å²) in [4.78, 5) is 11.5. The van der Waals surface area contributed by atoms with Crippen LogP contribution < -0.4 is 10.2 Å². The van der Waals surface area contributed by atoms with Crippen molar-refractivity contribution in [1.29, 1.82) is 0 Å². The topological polar surface area (TPSA) is 59.5 Å². The molecular weight excluding hydrogens is 316 g/mol. The second-order valence-corrected chi connectivity index (χ2v) is 6.62. The summed E-state index contributed by atoms with van der Waals surface area (Å²) in [5.41, 5.74) is 2.18. The maximum Gasteiger partial charge on any atom is 0.225 e. The molecule has 4 rings (SSSR count). The predicted molar refractivity (Wildman–Crippen MR) is 96.6 cm³/mol. The fourth-order valence-corrected chi connectivity index (χ4v) is 3.43. The minimum atomic E-state index is -0.354.